The number of halogens is 2. The van der Waals surface area contributed by atoms with Crippen molar-refractivity contribution in [2.75, 3.05) is 42.6 Å². The summed E-state index contributed by atoms with van der Waals surface area (Å²) in [7, 11) is -1.90. The van der Waals surface area contributed by atoms with Crippen LogP contribution in [0.25, 0.3) is 22.3 Å². The Kier molecular flexibility index (Phi) is 5.95. The van der Waals surface area contributed by atoms with Gasteiger partial charge in [0.1, 0.15) is 5.52 Å². The molecule has 1 fully saturated rings. The van der Waals surface area contributed by atoms with E-state index >= 15 is 0 Å². The molecule has 32 heavy (non-hydrogen) atoms. The molecule has 2 N–H and O–H groups in total. The smallest absolute Gasteiger partial charge is 0.255 e. The first-order valence-corrected chi connectivity index (χ1v) is 12.0. The van der Waals surface area contributed by atoms with Gasteiger partial charge in [-0.25, -0.2) is 27.2 Å². The molecule has 0 spiro atoms. The van der Waals surface area contributed by atoms with Crippen LogP contribution in [0.15, 0.2) is 42.7 Å². The van der Waals surface area contributed by atoms with Gasteiger partial charge in [0, 0.05) is 51.1 Å². The van der Waals surface area contributed by atoms with Crippen molar-refractivity contribution in [2.24, 2.45) is 5.92 Å². The van der Waals surface area contributed by atoms with Crippen LogP contribution in [0, 0.1) is 5.92 Å². The molecule has 170 valence electrons. The minimum Gasteiger partial charge on any atom is -0.368 e. The molecule has 0 saturated carbocycles. The molecule has 0 bridgehead atoms. The maximum atomic E-state index is 14.2. The minimum atomic E-state index is -3.37. The molecule has 3 heterocycles. The highest BCUT2D eigenvalue weighted by molar-refractivity contribution is 7.92. The van der Waals surface area contributed by atoms with Gasteiger partial charge in [0.2, 0.25) is 10.0 Å². The average molecular weight is 463 g/mol. The number of benzene rings is 1. The van der Waals surface area contributed by atoms with E-state index in [0.29, 0.717) is 34.8 Å². The van der Waals surface area contributed by atoms with Crippen molar-refractivity contribution >= 4 is 32.6 Å². The number of nitrogens with zero attached hydrogens (tertiary/aromatic N) is 4. The standard InChI is InChI=1S/C21H24F2N6O2S/c1-29(32(2,30)31)16-5-3-14(4-6-16)17-11-18-19(26-10-9-25-18)20(28-17)27-13-15-12-24-8-7-21(15,22)23/h3-6,9-11,15,24H,7-8,12-13H2,1-2H3,(H,27,28)/t15-/m1/s1. The molecule has 1 aliphatic rings. The first-order valence-electron chi connectivity index (χ1n) is 10.1. The molecular weight excluding hydrogens is 438 g/mol. The molecule has 1 saturated heterocycles. The first kappa shape index (κ1) is 22.3. The lowest BCUT2D eigenvalue weighted by molar-refractivity contribution is -0.0728. The lowest BCUT2D eigenvalue weighted by atomic mass is 9.95. The van der Waals surface area contributed by atoms with Gasteiger partial charge < -0.3 is 10.6 Å². The molecule has 0 amide bonds. The SMILES string of the molecule is CN(c1ccc(-c2cc3nccnc3c(NC[C@H]3CNCCC3(F)F)n2)cc1)S(C)(=O)=O. The molecule has 11 heteroatoms. The van der Waals surface area contributed by atoms with Gasteiger partial charge in [-0.1, -0.05) is 12.1 Å². The third kappa shape index (κ3) is 4.63. The summed E-state index contributed by atoms with van der Waals surface area (Å²) in [6.07, 6.45) is 4.02. The van der Waals surface area contributed by atoms with Gasteiger partial charge in [-0.05, 0) is 18.2 Å². The molecular formula is C21H24F2N6O2S. The molecule has 1 aliphatic heterocycles. The maximum Gasteiger partial charge on any atom is 0.255 e. The number of fused-ring (bicyclic) bond motifs is 1. The molecule has 0 aliphatic carbocycles. The summed E-state index contributed by atoms with van der Waals surface area (Å²) in [6.45, 7) is 0.564. The summed E-state index contributed by atoms with van der Waals surface area (Å²) < 4.78 is 53.2. The number of hydrogen-bond donors (Lipinski definition) is 2. The summed E-state index contributed by atoms with van der Waals surface area (Å²) in [5, 5.41) is 6.06. The van der Waals surface area contributed by atoms with E-state index in [2.05, 4.69) is 25.6 Å². The Labute approximate surface area is 185 Å². The van der Waals surface area contributed by atoms with E-state index in [1.807, 2.05) is 0 Å². The second-order valence-corrected chi connectivity index (χ2v) is 9.86. The Bertz CT molecular complexity index is 1220. The number of nitrogens with one attached hydrogen (secondary N) is 2. The molecule has 4 rings (SSSR count). The van der Waals surface area contributed by atoms with Gasteiger partial charge in [-0.3, -0.25) is 9.29 Å². The van der Waals surface area contributed by atoms with Crippen LogP contribution in [-0.4, -0.2) is 62.2 Å². The van der Waals surface area contributed by atoms with E-state index in [1.165, 1.54) is 17.5 Å². The topological polar surface area (TPSA) is 100 Å². The Balaban J connectivity index is 1.65. The largest absolute Gasteiger partial charge is 0.368 e. The molecule has 0 unspecified atom stereocenters. The number of pyridine rings is 1. The predicted molar refractivity (Wildman–Crippen MR) is 120 cm³/mol. The fraction of sp³-hybridized carbons (Fsp3) is 0.381. The van der Waals surface area contributed by atoms with Crippen LogP contribution < -0.4 is 14.9 Å². The number of anilines is 2. The van der Waals surface area contributed by atoms with Crippen LogP contribution in [0.1, 0.15) is 6.42 Å². The molecule has 1 atom stereocenters. The predicted octanol–water partition coefficient (Wildman–Crippen LogP) is 2.74. The summed E-state index contributed by atoms with van der Waals surface area (Å²) >= 11 is 0. The zero-order valence-electron chi connectivity index (χ0n) is 17.7. The fourth-order valence-corrected chi connectivity index (χ4v) is 4.11. The Morgan fingerprint density at radius 2 is 1.94 bits per heavy atom. The van der Waals surface area contributed by atoms with E-state index in [0.717, 1.165) is 11.8 Å². The lowest BCUT2D eigenvalue weighted by Gasteiger charge is -2.32. The normalized spacial score (nSPS) is 18.4. The fourth-order valence-electron chi connectivity index (χ4n) is 3.60. The van der Waals surface area contributed by atoms with Gasteiger partial charge in [-0.2, -0.15) is 0 Å². The zero-order valence-corrected chi connectivity index (χ0v) is 18.5. The van der Waals surface area contributed by atoms with Crippen molar-refractivity contribution in [3.63, 3.8) is 0 Å². The van der Waals surface area contributed by atoms with E-state index in [9.17, 15) is 17.2 Å². The first-order chi connectivity index (χ1) is 15.1. The molecule has 1 aromatic carbocycles. The third-order valence-electron chi connectivity index (χ3n) is 5.62. The number of hydrogen-bond acceptors (Lipinski definition) is 7. The van der Waals surface area contributed by atoms with Gasteiger partial charge in [0.25, 0.3) is 5.92 Å². The number of piperidine rings is 1. The number of rotatable bonds is 6. The highest BCUT2D eigenvalue weighted by Gasteiger charge is 2.41. The van der Waals surface area contributed by atoms with Crippen LogP contribution in [-0.2, 0) is 10.0 Å². The second kappa shape index (κ2) is 8.55. The van der Waals surface area contributed by atoms with Crippen molar-refractivity contribution in [1.82, 2.24) is 20.3 Å². The van der Waals surface area contributed by atoms with Crippen molar-refractivity contribution in [1.29, 1.82) is 0 Å². The lowest BCUT2D eigenvalue weighted by Crippen LogP contribution is -2.47. The molecule has 8 nitrogen and oxygen atoms in total. The molecule has 2 aromatic heterocycles. The zero-order chi connectivity index (χ0) is 22.9. The van der Waals surface area contributed by atoms with E-state index in [4.69, 9.17) is 0 Å². The van der Waals surface area contributed by atoms with E-state index in [1.54, 1.807) is 36.5 Å². The van der Waals surface area contributed by atoms with Crippen LogP contribution >= 0.6 is 0 Å². The Morgan fingerprint density at radius 1 is 1.22 bits per heavy atom. The van der Waals surface area contributed by atoms with Crippen molar-refractivity contribution in [3.8, 4) is 11.3 Å². The Morgan fingerprint density at radius 3 is 2.62 bits per heavy atom. The summed E-state index contributed by atoms with van der Waals surface area (Å²) in [6, 6.07) is 8.63. The monoisotopic (exact) mass is 462 g/mol. The van der Waals surface area contributed by atoms with Crippen LogP contribution in [0.2, 0.25) is 0 Å². The highest BCUT2D eigenvalue weighted by Crippen LogP contribution is 2.32. The van der Waals surface area contributed by atoms with Crippen LogP contribution in [0.3, 0.4) is 0 Å². The van der Waals surface area contributed by atoms with Crippen LogP contribution in [0.4, 0.5) is 20.3 Å². The van der Waals surface area contributed by atoms with Gasteiger partial charge in [0.05, 0.1) is 29.1 Å². The van der Waals surface area contributed by atoms with Crippen molar-refractivity contribution in [2.45, 2.75) is 12.3 Å². The third-order valence-corrected chi connectivity index (χ3v) is 6.83. The second-order valence-electron chi connectivity index (χ2n) is 7.85. The summed E-state index contributed by atoms with van der Waals surface area (Å²) in [5.41, 5.74) is 2.89. The molecule has 0 radical (unpaired) electrons. The van der Waals surface area contributed by atoms with Crippen molar-refractivity contribution < 1.29 is 17.2 Å². The minimum absolute atomic E-state index is 0.0419. The van der Waals surface area contributed by atoms with Crippen molar-refractivity contribution in [3.05, 3.63) is 42.7 Å². The Hall–Kier alpha value is -2.92. The number of sulfonamides is 1. The average Bonchev–Trinajstić information content (AvgIpc) is 2.76. The highest BCUT2D eigenvalue weighted by atomic mass is 32.2. The maximum absolute atomic E-state index is 14.2. The van der Waals surface area contributed by atoms with E-state index in [-0.39, 0.29) is 19.5 Å². The number of alkyl halides is 2. The van der Waals surface area contributed by atoms with Crippen LogP contribution in [0.5, 0.6) is 0 Å². The summed E-state index contributed by atoms with van der Waals surface area (Å²) in [5.74, 6) is -3.23. The van der Waals surface area contributed by atoms with Gasteiger partial charge in [0.15, 0.2) is 5.82 Å². The quantitative estimate of drug-likeness (QED) is 0.581. The summed E-state index contributed by atoms with van der Waals surface area (Å²) in [4.78, 5) is 13.3. The van der Waals surface area contributed by atoms with Gasteiger partial charge >= 0.3 is 0 Å². The number of aromatic nitrogens is 3. The van der Waals surface area contributed by atoms with Gasteiger partial charge in [-0.15, -0.1) is 0 Å². The molecule has 3 aromatic rings. The van der Waals surface area contributed by atoms with E-state index < -0.39 is 21.9 Å².